The summed E-state index contributed by atoms with van der Waals surface area (Å²) in [5.74, 6) is 0.0950. The number of halogens is 2. The highest BCUT2D eigenvalue weighted by molar-refractivity contribution is 6.03. The third-order valence-corrected chi connectivity index (χ3v) is 9.59. The molecule has 2 saturated heterocycles. The average molecular weight is 590 g/mol. The maximum Gasteiger partial charge on any atom is 0.254 e. The van der Waals surface area contributed by atoms with Gasteiger partial charge in [0.15, 0.2) is 0 Å². The van der Waals surface area contributed by atoms with Crippen LogP contribution in [0.4, 0.5) is 8.78 Å². The molecule has 0 N–H and O–H groups in total. The molecule has 1 atom stereocenters. The molecule has 0 unspecified atom stereocenters. The Balaban J connectivity index is 1.13. The number of benzene rings is 1. The lowest BCUT2D eigenvalue weighted by molar-refractivity contribution is 0.00361. The molecular formula is C32H37F2N7O2. The standard InChI is InChI=1S/C32H37F2N7O2/c1-20-17-43-10-9-39(20)32(42)29-12-25(33)5-8-27(29)28-11-23(16-40-21(2)37-31(34)30(28)40)24-14-38(15-24)13-22-3-6-26(7-4-22)41-19-35-18-36-41/h5,8,11-12,16,18-20,22,24,26H,3-4,6-7,9-10,13-15,17H2,1-2H3/t20-,22?,26?/m1/s1. The van der Waals surface area contributed by atoms with Gasteiger partial charge in [0, 0.05) is 43.9 Å². The van der Waals surface area contributed by atoms with Crippen molar-refractivity contribution >= 4 is 11.4 Å². The molecule has 4 aromatic rings. The largest absolute Gasteiger partial charge is 0.377 e. The van der Waals surface area contributed by atoms with E-state index in [-0.39, 0.29) is 23.4 Å². The molecule has 5 heterocycles. The second kappa shape index (κ2) is 11.4. The summed E-state index contributed by atoms with van der Waals surface area (Å²) >= 11 is 0. The number of hydrogen-bond donors (Lipinski definition) is 0. The van der Waals surface area contributed by atoms with Crippen LogP contribution in [0.2, 0.25) is 0 Å². The lowest BCUT2D eigenvalue weighted by Crippen LogP contribution is -2.47. The molecule has 7 rings (SSSR count). The minimum Gasteiger partial charge on any atom is -0.377 e. The van der Waals surface area contributed by atoms with E-state index in [0.29, 0.717) is 54.2 Å². The molecule has 11 heteroatoms. The number of morpholine rings is 1. The molecule has 0 radical (unpaired) electrons. The van der Waals surface area contributed by atoms with Crippen LogP contribution in [0, 0.1) is 24.6 Å². The number of rotatable bonds is 6. The second-order valence-corrected chi connectivity index (χ2v) is 12.4. The summed E-state index contributed by atoms with van der Waals surface area (Å²) in [6.45, 7) is 7.88. The van der Waals surface area contributed by atoms with E-state index in [9.17, 15) is 9.18 Å². The van der Waals surface area contributed by atoms with Gasteiger partial charge in [-0.2, -0.15) is 9.49 Å². The number of amides is 1. The molecule has 1 amide bonds. The molecule has 3 aliphatic rings. The van der Waals surface area contributed by atoms with E-state index in [0.717, 1.165) is 38.0 Å². The summed E-state index contributed by atoms with van der Waals surface area (Å²) in [7, 11) is 0. The van der Waals surface area contributed by atoms with Gasteiger partial charge in [-0.3, -0.25) is 4.79 Å². The van der Waals surface area contributed by atoms with Gasteiger partial charge in [-0.1, -0.05) is 6.07 Å². The SMILES string of the molecule is Cc1nc(F)c2c(-c3ccc(F)cc3C(=O)N3CCOC[C@H]3C)cc(C3CN(CC4CCC(n5cncn5)CC4)C3)cn12. The Kier molecular flexibility index (Phi) is 7.46. The van der Waals surface area contributed by atoms with Crippen molar-refractivity contribution in [3.63, 3.8) is 0 Å². The van der Waals surface area contributed by atoms with Gasteiger partial charge in [-0.15, -0.1) is 0 Å². The number of nitrogens with zero attached hydrogens (tertiary/aromatic N) is 7. The predicted molar refractivity (Wildman–Crippen MR) is 157 cm³/mol. The molecule has 0 spiro atoms. The predicted octanol–water partition coefficient (Wildman–Crippen LogP) is 4.87. The first-order valence-corrected chi connectivity index (χ1v) is 15.3. The van der Waals surface area contributed by atoms with Crippen LogP contribution in [0.3, 0.4) is 0 Å². The number of imidazole rings is 1. The van der Waals surface area contributed by atoms with Crippen molar-refractivity contribution in [1.82, 2.24) is 33.9 Å². The zero-order valence-corrected chi connectivity index (χ0v) is 24.6. The summed E-state index contributed by atoms with van der Waals surface area (Å²) in [5.41, 5.74) is 2.66. The fourth-order valence-electron chi connectivity index (χ4n) is 7.16. The normalized spacial score (nSPS) is 23.5. The highest BCUT2D eigenvalue weighted by Crippen LogP contribution is 2.38. The molecule has 1 aromatic carbocycles. The van der Waals surface area contributed by atoms with Gasteiger partial charge in [-0.05, 0) is 74.8 Å². The van der Waals surface area contributed by atoms with E-state index in [4.69, 9.17) is 4.74 Å². The number of likely N-dealkylation sites (tertiary alicyclic amines) is 1. The lowest BCUT2D eigenvalue weighted by atomic mass is 9.83. The van der Waals surface area contributed by atoms with Crippen molar-refractivity contribution in [3.8, 4) is 11.1 Å². The Morgan fingerprint density at radius 2 is 1.91 bits per heavy atom. The minimum atomic E-state index is -0.599. The first-order valence-electron chi connectivity index (χ1n) is 15.3. The third kappa shape index (κ3) is 5.33. The number of aryl methyl sites for hydroxylation is 1. The number of ether oxygens (including phenoxy) is 1. The van der Waals surface area contributed by atoms with Gasteiger partial charge in [0.25, 0.3) is 5.91 Å². The van der Waals surface area contributed by atoms with E-state index in [1.54, 1.807) is 28.6 Å². The van der Waals surface area contributed by atoms with E-state index >= 15 is 4.39 Å². The van der Waals surface area contributed by atoms with Crippen LogP contribution < -0.4 is 0 Å². The van der Waals surface area contributed by atoms with E-state index < -0.39 is 11.8 Å². The second-order valence-electron chi connectivity index (χ2n) is 12.4. The van der Waals surface area contributed by atoms with Crippen molar-refractivity contribution in [3.05, 3.63) is 71.8 Å². The molecule has 43 heavy (non-hydrogen) atoms. The van der Waals surface area contributed by atoms with E-state index in [1.807, 2.05) is 30.2 Å². The summed E-state index contributed by atoms with van der Waals surface area (Å²) in [5, 5.41) is 4.32. The summed E-state index contributed by atoms with van der Waals surface area (Å²) in [4.78, 5) is 26.2. The maximum absolute atomic E-state index is 15.3. The molecule has 1 saturated carbocycles. The van der Waals surface area contributed by atoms with E-state index in [2.05, 4.69) is 20.0 Å². The fraction of sp³-hybridized carbons (Fsp3) is 0.500. The number of hydrogen-bond acceptors (Lipinski definition) is 6. The Bertz CT molecular complexity index is 1620. The molecule has 3 aromatic heterocycles. The number of carbonyl (C=O) groups is 1. The monoisotopic (exact) mass is 589 g/mol. The smallest absolute Gasteiger partial charge is 0.254 e. The van der Waals surface area contributed by atoms with Crippen LogP contribution in [0.5, 0.6) is 0 Å². The molecule has 9 nitrogen and oxygen atoms in total. The highest BCUT2D eigenvalue weighted by atomic mass is 19.1. The molecule has 3 fully saturated rings. The van der Waals surface area contributed by atoms with Crippen LogP contribution in [0.15, 0.2) is 43.1 Å². The minimum absolute atomic E-state index is 0.142. The average Bonchev–Trinajstić information content (AvgIpc) is 3.63. The van der Waals surface area contributed by atoms with Crippen molar-refractivity contribution in [2.75, 3.05) is 39.4 Å². The summed E-state index contributed by atoms with van der Waals surface area (Å²) < 4.78 is 39.2. The Morgan fingerprint density at radius 3 is 2.65 bits per heavy atom. The zero-order chi connectivity index (χ0) is 29.7. The van der Waals surface area contributed by atoms with Crippen LogP contribution >= 0.6 is 0 Å². The van der Waals surface area contributed by atoms with E-state index in [1.165, 1.54) is 25.0 Å². The number of fused-ring (bicyclic) bond motifs is 1. The van der Waals surface area contributed by atoms with Gasteiger partial charge in [0.2, 0.25) is 5.95 Å². The molecule has 2 aliphatic heterocycles. The van der Waals surface area contributed by atoms with Crippen LogP contribution in [0.1, 0.15) is 66.3 Å². The summed E-state index contributed by atoms with van der Waals surface area (Å²) in [6.07, 6.45) is 10.0. The van der Waals surface area contributed by atoms with Crippen molar-refractivity contribution in [2.45, 2.75) is 57.5 Å². The Hall–Kier alpha value is -3.70. The highest BCUT2D eigenvalue weighted by Gasteiger charge is 2.34. The van der Waals surface area contributed by atoms with Gasteiger partial charge in [0.1, 0.15) is 29.8 Å². The zero-order valence-electron chi connectivity index (χ0n) is 24.6. The lowest BCUT2D eigenvalue weighted by Gasteiger charge is -2.42. The Labute approximate surface area is 249 Å². The Morgan fingerprint density at radius 1 is 1.09 bits per heavy atom. The quantitative estimate of drug-likeness (QED) is 0.319. The number of carbonyl (C=O) groups excluding carboxylic acids is 1. The van der Waals surface area contributed by atoms with Crippen molar-refractivity contribution < 1.29 is 18.3 Å². The van der Waals surface area contributed by atoms with Crippen molar-refractivity contribution in [1.29, 1.82) is 0 Å². The molecular weight excluding hydrogens is 552 g/mol. The molecule has 0 bridgehead atoms. The maximum atomic E-state index is 15.3. The first-order chi connectivity index (χ1) is 20.9. The van der Waals surface area contributed by atoms with Crippen LogP contribution in [-0.2, 0) is 4.74 Å². The van der Waals surface area contributed by atoms with Gasteiger partial charge in [0.05, 0.1) is 30.9 Å². The van der Waals surface area contributed by atoms with Gasteiger partial charge in [-0.25, -0.2) is 19.0 Å². The summed E-state index contributed by atoms with van der Waals surface area (Å²) in [6, 6.07) is 6.49. The van der Waals surface area contributed by atoms with Gasteiger partial charge < -0.3 is 18.9 Å². The van der Waals surface area contributed by atoms with Crippen LogP contribution in [0.25, 0.3) is 16.6 Å². The topological polar surface area (TPSA) is 80.8 Å². The molecule has 1 aliphatic carbocycles. The van der Waals surface area contributed by atoms with Crippen molar-refractivity contribution in [2.24, 2.45) is 5.92 Å². The third-order valence-electron chi connectivity index (χ3n) is 9.59. The fourth-order valence-corrected chi connectivity index (χ4v) is 7.16. The van der Waals surface area contributed by atoms with Crippen LogP contribution in [-0.4, -0.2) is 85.3 Å². The molecule has 226 valence electrons. The number of pyridine rings is 1. The van der Waals surface area contributed by atoms with Gasteiger partial charge >= 0.3 is 0 Å². The number of aromatic nitrogens is 5. The first kappa shape index (κ1) is 28.1.